The standard InChI is InChI=1S/C50H34N2/c1-3-13-39(14-4-1)51(42-30-24-37(25-31-42)44-19-11-20-45-43-17-8-7-12-36(43)26-32-46(44)45)41-28-22-35(23-29-41)38-27-33-48-47-18-9-10-21-49(47)52(50(48)34-38)40-15-5-2-6-16-40/h1-34H. The van der Waals surface area contributed by atoms with Crippen LogP contribution in [0.25, 0.3) is 71.3 Å². The molecule has 1 aromatic heterocycles. The van der Waals surface area contributed by atoms with Crippen molar-refractivity contribution in [2.24, 2.45) is 0 Å². The summed E-state index contributed by atoms with van der Waals surface area (Å²) in [6.07, 6.45) is 0. The summed E-state index contributed by atoms with van der Waals surface area (Å²) in [5, 5.41) is 7.63. The van der Waals surface area contributed by atoms with Crippen LogP contribution in [0.2, 0.25) is 0 Å². The molecule has 10 rings (SSSR count). The van der Waals surface area contributed by atoms with E-state index in [0.29, 0.717) is 0 Å². The summed E-state index contributed by atoms with van der Waals surface area (Å²) in [6.45, 7) is 0. The minimum atomic E-state index is 1.11. The van der Waals surface area contributed by atoms with Crippen LogP contribution in [0.5, 0.6) is 0 Å². The fourth-order valence-electron chi connectivity index (χ4n) is 7.91. The van der Waals surface area contributed by atoms with Crippen LogP contribution in [-0.4, -0.2) is 4.57 Å². The highest BCUT2D eigenvalue weighted by Crippen LogP contribution is 2.40. The van der Waals surface area contributed by atoms with Gasteiger partial charge < -0.3 is 9.47 Å². The Morgan fingerprint density at radius 1 is 0.308 bits per heavy atom. The van der Waals surface area contributed by atoms with E-state index in [0.717, 1.165) is 17.1 Å². The zero-order valence-corrected chi connectivity index (χ0v) is 28.5. The third-order valence-electron chi connectivity index (χ3n) is 10.4. The number of anilines is 3. The summed E-state index contributed by atoms with van der Waals surface area (Å²) in [5.41, 5.74) is 11.8. The van der Waals surface area contributed by atoms with Gasteiger partial charge in [-0.15, -0.1) is 0 Å². The molecule has 0 aliphatic heterocycles. The summed E-state index contributed by atoms with van der Waals surface area (Å²) in [7, 11) is 0. The van der Waals surface area contributed by atoms with Gasteiger partial charge in [-0.1, -0.05) is 146 Å². The van der Waals surface area contributed by atoms with Crippen LogP contribution >= 0.6 is 0 Å². The SMILES string of the molecule is c1ccc(N(c2ccc(-c3ccc4c5ccccc5n(-c5ccccc5)c4c3)cc2)c2ccc(-c3cccc4c3ccc3ccccc34)cc2)cc1. The van der Waals surface area contributed by atoms with Crippen LogP contribution in [0, 0.1) is 0 Å². The van der Waals surface area contributed by atoms with Crippen molar-refractivity contribution in [1.29, 1.82) is 0 Å². The summed E-state index contributed by atoms with van der Waals surface area (Å²) >= 11 is 0. The predicted molar refractivity (Wildman–Crippen MR) is 221 cm³/mol. The van der Waals surface area contributed by atoms with Crippen LogP contribution in [0.1, 0.15) is 0 Å². The van der Waals surface area contributed by atoms with Crippen LogP contribution in [0.4, 0.5) is 17.1 Å². The Balaban J connectivity index is 1.03. The molecule has 0 saturated carbocycles. The highest BCUT2D eigenvalue weighted by molar-refractivity contribution is 6.12. The maximum atomic E-state index is 2.38. The van der Waals surface area contributed by atoms with Gasteiger partial charge in [0.25, 0.3) is 0 Å². The van der Waals surface area contributed by atoms with Crippen molar-refractivity contribution in [2.45, 2.75) is 0 Å². The van der Waals surface area contributed by atoms with Crippen LogP contribution in [0.15, 0.2) is 206 Å². The Morgan fingerprint density at radius 2 is 0.865 bits per heavy atom. The molecule has 0 amide bonds. The minimum Gasteiger partial charge on any atom is -0.311 e. The third kappa shape index (κ3) is 5.04. The lowest BCUT2D eigenvalue weighted by molar-refractivity contribution is 1.18. The van der Waals surface area contributed by atoms with Crippen molar-refractivity contribution in [2.75, 3.05) is 4.90 Å². The number of benzene rings is 9. The molecule has 0 aliphatic rings. The largest absolute Gasteiger partial charge is 0.311 e. The van der Waals surface area contributed by atoms with Gasteiger partial charge in [-0.05, 0) is 104 Å². The maximum absolute atomic E-state index is 2.38. The first kappa shape index (κ1) is 30.0. The molecule has 0 atom stereocenters. The van der Waals surface area contributed by atoms with Crippen molar-refractivity contribution >= 4 is 60.4 Å². The van der Waals surface area contributed by atoms with E-state index in [1.54, 1.807) is 0 Å². The second-order valence-corrected chi connectivity index (χ2v) is 13.4. The Bertz CT molecular complexity index is 2870. The monoisotopic (exact) mass is 662 g/mol. The number of fused-ring (bicyclic) bond motifs is 6. The average Bonchev–Trinajstić information content (AvgIpc) is 3.55. The van der Waals surface area contributed by atoms with E-state index in [1.165, 1.54) is 71.3 Å². The lowest BCUT2D eigenvalue weighted by Crippen LogP contribution is -2.09. The normalized spacial score (nSPS) is 11.5. The smallest absolute Gasteiger partial charge is 0.0547 e. The highest BCUT2D eigenvalue weighted by atomic mass is 15.1. The molecular formula is C50H34N2. The van der Waals surface area contributed by atoms with E-state index in [2.05, 4.69) is 216 Å². The van der Waals surface area contributed by atoms with Gasteiger partial charge in [-0.25, -0.2) is 0 Å². The molecule has 9 aromatic carbocycles. The van der Waals surface area contributed by atoms with Gasteiger partial charge >= 0.3 is 0 Å². The fraction of sp³-hybridized carbons (Fsp3) is 0. The van der Waals surface area contributed by atoms with Gasteiger partial charge in [-0.2, -0.15) is 0 Å². The van der Waals surface area contributed by atoms with Crippen molar-refractivity contribution in [3.05, 3.63) is 206 Å². The van der Waals surface area contributed by atoms with Crippen LogP contribution < -0.4 is 4.90 Å². The van der Waals surface area contributed by atoms with E-state index in [4.69, 9.17) is 0 Å². The van der Waals surface area contributed by atoms with Gasteiger partial charge in [0.15, 0.2) is 0 Å². The third-order valence-corrected chi connectivity index (χ3v) is 10.4. The predicted octanol–water partition coefficient (Wildman–Crippen LogP) is 13.9. The maximum Gasteiger partial charge on any atom is 0.0547 e. The summed E-state index contributed by atoms with van der Waals surface area (Å²) in [6, 6.07) is 74.6. The number of aromatic nitrogens is 1. The molecule has 0 fully saturated rings. The zero-order chi connectivity index (χ0) is 34.4. The lowest BCUT2D eigenvalue weighted by Gasteiger charge is -2.26. The number of para-hydroxylation sites is 3. The Kier molecular flexibility index (Phi) is 7.18. The van der Waals surface area contributed by atoms with Gasteiger partial charge in [0.2, 0.25) is 0 Å². The molecule has 2 nitrogen and oxygen atoms in total. The molecule has 0 saturated heterocycles. The number of hydrogen-bond donors (Lipinski definition) is 0. The van der Waals surface area contributed by atoms with Gasteiger partial charge in [0, 0.05) is 33.5 Å². The molecular weight excluding hydrogens is 629 g/mol. The van der Waals surface area contributed by atoms with Gasteiger partial charge in [0.1, 0.15) is 0 Å². The Labute approximate surface area is 303 Å². The second kappa shape index (κ2) is 12.5. The van der Waals surface area contributed by atoms with E-state index in [9.17, 15) is 0 Å². The van der Waals surface area contributed by atoms with Gasteiger partial charge in [-0.3, -0.25) is 0 Å². The molecule has 2 heteroatoms. The minimum absolute atomic E-state index is 1.11. The average molecular weight is 663 g/mol. The quantitative estimate of drug-likeness (QED) is 0.161. The molecule has 244 valence electrons. The summed E-state index contributed by atoms with van der Waals surface area (Å²) in [4.78, 5) is 2.33. The molecule has 10 aromatic rings. The zero-order valence-electron chi connectivity index (χ0n) is 28.5. The molecule has 1 heterocycles. The Hall–Kier alpha value is -6.90. The van der Waals surface area contributed by atoms with E-state index >= 15 is 0 Å². The van der Waals surface area contributed by atoms with Gasteiger partial charge in [0.05, 0.1) is 11.0 Å². The summed E-state index contributed by atoms with van der Waals surface area (Å²) < 4.78 is 2.38. The number of rotatable bonds is 6. The topological polar surface area (TPSA) is 8.17 Å². The molecule has 0 N–H and O–H groups in total. The summed E-state index contributed by atoms with van der Waals surface area (Å²) in [5.74, 6) is 0. The number of hydrogen-bond acceptors (Lipinski definition) is 1. The van der Waals surface area contributed by atoms with Crippen molar-refractivity contribution in [3.8, 4) is 27.9 Å². The first-order valence-corrected chi connectivity index (χ1v) is 17.9. The molecule has 0 bridgehead atoms. The molecule has 0 radical (unpaired) electrons. The van der Waals surface area contributed by atoms with Crippen LogP contribution in [0.3, 0.4) is 0 Å². The van der Waals surface area contributed by atoms with Crippen LogP contribution in [-0.2, 0) is 0 Å². The molecule has 52 heavy (non-hydrogen) atoms. The van der Waals surface area contributed by atoms with Crippen molar-refractivity contribution in [1.82, 2.24) is 4.57 Å². The van der Waals surface area contributed by atoms with Crippen molar-refractivity contribution in [3.63, 3.8) is 0 Å². The van der Waals surface area contributed by atoms with E-state index < -0.39 is 0 Å². The number of nitrogens with zero attached hydrogens (tertiary/aromatic N) is 2. The first-order valence-electron chi connectivity index (χ1n) is 17.9. The van der Waals surface area contributed by atoms with Crippen molar-refractivity contribution < 1.29 is 0 Å². The molecule has 0 unspecified atom stereocenters. The molecule has 0 spiro atoms. The molecule has 0 aliphatic carbocycles. The van der Waals surface area contributed by atoms with E-state index in [1.807, 2.05) is 0 Å². The highest BCUT2D eigenvalue weighted by Gasteiger charge is 2.16. The first-order chi connectivity index (χ1) is 25.8. The second-order valence-electron chi connectivity index (χ2n) is 13.4. The van der Waals surface area contributed by atoms with E-state index in [-0.39, 0.29) is 0 Å². The Morgan fingerprint density at radius 3 is 1.63 bits per heavy atom. The fourth-order valence-corrected chi connectivity index (χ4v) is 7.91. The lowest BCUT2D eigenvalue weighted by atomic mass is 9.94.